The van der Waals surface area contributed by atoms with E-state index in [0.717, 1.165) is 25.0 Å². The predicted molar refractivity (Wildman–Crippen MR) is 132 cm³/mol. The molecule has 0 bridgehead atoms. The van der Waals surface area contributed by atoms with Gasteiger partial charge in [-0.15, -0.1) is 0 Å². The summed E-state index contributed by atoms with van der Waals surface area (Å²) in [6.45, 7) is 8.62. The van der Waals surface area contributed by atoms with Gasteiger partial charge in [0.15, 0.2) is 5.75 Å². The second-order valence-electron chi connectivity index (χ2n) is 10.1. The molecule has 2 saturated heterocycles. The van der Waals surface area contributed by atoms with Crippen LogP contribution >= 0.6 is 0 Å². The Labute approximate surface area is 210 Å². The number of nitrogens with two attached hydrogens (primary N) is 1. The number of likely N-dealkylation sites (tertiary alicyclic amines) is 1. The highest BCUT2D eigenvalue weighted by atomic mass is 19.1. The Morgan fingerprint density at radius 1 is 1.14 bits per heavy atom. The second-order valence-corrected chi connectivity index (χ2v) is 10.1. The normalized spacial score (nSPS) is 21.6. The van der Waals surface area contributed by atoms with Gasteiger partial charge in [-0.2, -0.15) is 0 Å². The van der Waals surface area contributed by atoms with E-state index in [1.807, 2.05) is 18.7 Å². The Bertz CT molecular complexity index is 1030. The molecule has 1 aromatic carbocycles. The molecule has 3 atom stereocenters. The summed E-state index contributed by atoms with van der Waals surface area (Å²) >= 11 is 0. The highest BCUT2D eigenvalue weighted by molar-refractivity contribution is 5.67. The number of aromatic nitrogens is 2. The van der Waals surface area contributed by atoms with Gasteiger partial charge in [0.05, 0.1) is 25.1 Å². The van der Waals surface area contributed by atoms with Crippen molar-refractivity contribution >= 4 is 12.0 Å². The number of amides is 1. The van der Waals surface area contributed by atoms with Gasteiger partial charge in [-0.05, 0) is 62.3 Å². The number of hydrogen-bond donors (Lipinski definition) is 1. The third-order valence-corrected chi connectivity index (χ3v) is 7.07. The van der Waals surface area contributed by atoms with Crippen molar-refractivity contribution in [1.82, 2.24) is 14.9 Å². The van der Waals surface area contributed by atoms with Gasteiger partial charge in [0, 0.05) is 38.1 Å². The van der Waals surface area contributed by atoms with Crippen molar-refractivity contribution in [2.45, 2.75) is 51.7 Å². The van der Waals surface area contributed by atoms with Crippen LogP contribution in [-0.4, -0.2) is 65.9 Å². The zero-order valence-corrected chi connectivity index (χ0v) is 21.1. The molecule has 0 unspecified atom stereocenters. The van der Waals surface area contributed by atoms with E-state index in [9.17, 15) is 13.6 Å². The average molecular weight is 504 g/mol. The molecule has 2 aliphatic heterocycles. The number of rotatable bonds is 7. The maximum Gasteiger partial charge on any atom is 0.410 e. The molecule has 0 spiro atoms. The Morgan fingerprint density at radius 2 is 1.83 bits per heavy atom. The van der Waals surface area contributed by atoms with Gasteiger partial charge in [0.1, 0.15) is 11.6 Å². The largest absolute Gasteiger partial charge is 0.490 e. The van der Waals surface area contributed by atoms with E-state index in [4.69, 9.17) is 15.2 Å². The third-order valence-electron chi connectivity index (χ3n) is 7.07. The molecule has 10 heteroatoms. The summed E-state index contributed by atoms with van der Waals surface area (Å²) in [7, 11) is 0. The maximum absolute atomic E-state index is 14.3. The Hall–Kier alpha value is -3.01. The molecule has 3 heterocycles. The van der Waals surface area contributed by atoms with Gasteiger partial charge in [0.25, 0.3) is 0 Å². The fraction of sp³-hybridized carbons (Fsp3) is 0.577. The quantitative estimate of drug-likeness (QED) is 0.611. The van der Waals surface area contributed by atoms with Gasteiger partial charge >= 0.3 is 6.09 Å². The summed E-state index contributed by atoms with van der Waals surface area (Å²) in [4.78, 5) is 24.6. The molecular formula is C26H35F2N5O3. The number of nitrogens with zero attached hydrogens (tertiary/aromatic N) is 4. The van der Waals surface area contributed by atoms with Crippen LogP contribution in [-0.2, 0) is 4.74 Å². The molecule has 0 aliphatic carbocycles. The number of carbonyl (C=O) groups excluding carboxylic acids is 1. The smallest absolute Gasteiger partial charge is 0.410 e. The summed E-state index contributed by atoms with van der Waals surface area (Å²) in [6.07, 6.45) is 4.72. The van der Waals surface area contributed by atoms with E-state index in [0.29, 0.717) is 56.3 Å². The SMILES string of the molecule is CC(C)OC(=O)N1CCC([C@H](C)COc2cnc(N3C[C@H](c4cc(F)ccc4F)[C@@H](N)C3)nc2)CC1. The van der Waals surface area contributed by atoms with E-state index in [-0.39, 0.29) is 29.7 Å². The van der Waals surface area contributed by atoms with E-state index >= 15 is 0 Å². The van der Waals surface area contributed by atoms with Crippen molar-refractivity contribution < 1.29 is 23.0 Å². The minimum Gasteiger partial charge on any atom is -0.490 e. The zero-order valence-electron chi connectivity index (χ0n) is 21.1. The molecule has 2 N–H and O–H groups in total. The van der Waals surface area contributed by atoms with Crippen LogP contribution in [0.25, 0.3) is 0 Å². The summed E-state index contributed by atoms with van der Waals surface area (Å²) < 4.78 is 39.1. The average Bonchev–Trinajstić information content (AvgIpc) is 3.25. The van der Waals surface area contributed by atoms with Gasteiger partial charge in [0.2, 0.25) is 5.95 Å². The van der Waals surface area contributed by atoms with Crippen LogP contribution in [0.4, 0.5) is 19.5 Å². The number of hydrogen-bond acceptors (Lipinski definition) is 7. The molecule has 0 radical (unpaired) electrons. The van der Waals surface area contributed by atoms with E-state index < -0.39 is 11.6 Å². The standard InChI is InChI=1S/C26H35F2N5O3/c1-16(2)36-26(34)32-8-6-18(7-9-32)17(3)15-35-20-11-30-25(31-12-20)33-13-22(24(29)14-33)21-10-19(27)4-5-23(21)28/h4-5,10-12,16-18,22,24H,6-9,13-15,29H2,1-3H3/t17-,22-,24+/m1/s1. The van der Waals surface area contributed by atoms with Gasteiger partial charge < -0.3 is 25.0 Å². The topological polar surface area (TPSA) is 93.8 Å². The molecule has 2 aliphatic rings. The van der Waals surface area contributed by atoms with Crippen LogP contribution in [0.1, 0.15) is 45.1 Å². The van der Waals surface area contributed by atoms with Crippen LogP contribution < -0.4 is 15.4 Å². The predicted octanol–water partition coefficient (Wildman–Crippen LogP) is 3.96. The lowest BCUT2D eigenvalue weighted by Gasteiger charge is -2.34. The van der Waals surface area contributed by atoms with E-state index in [2.05, 4.69) is 16.9 Å². The summed E-state index contributed by atoms with van der Waals surface area (Å²) in [5, 5.41) is 0. The van der Waals surface area contributed by atoms with Crippen LogP contribution in [0.15, 0.2) is 30.6 Å². The first-order valence-electron chi connectivity index (χ1n) is 12.6. The number of ether oxygens (including phenoxy) is 2. The summed E-state index contributed by atoms with van der Waals surface area (Å²) in [5.41, 5.74) is 6.53. The monoisotopic (exact) mass is 503 g/mol. The first kappa shape index (κ1) is 26.1. The lowest BCUT2D eigenvalue weighted by Crippen LogP contribution is -2.41. The summed E-state index contributed by atoms with van der Waals surface area (Å²) in [6, 6.07) is 3.09. The van der Waals surface area contributed by atoms with Crippen LogP contribution in [0.5, 0.6) is 5.75 Å². The first-order chi connectivity index (χ1) is 17.2. The highest BCUT2D eigenvalue weighted by Crippen LogP contribution is 2.31. The molecule has 2 aromatic rings. The van der Waals surface area contributed by atoms with Gasteiger partial charge in [-0.25, -0.2) is 23.5 Å². The van der Waals surface area contributed by atoms with E-state index in [1.165, 1.54) is 6.07 Å². The Morgan fingerprint density at radius 3 is 2.50 bits per heavy atom. The zero-order chi connectivity index (χ0) is 25.8. The van der Waals surface area contributed by atoms with E-state index in [1.54, 1.807) is 17.3 Å². The van der Waals surface area contributed by atoms with Crippen molar-refractivity contribution in [3.8, 4) is 5.75 Å². The minimum atomic E-state index is -0.483. The number of piperidine rings is 1. The highest BCUT2D eigenvalue weighted by Gasteiger charge is 2.34. The first-order valence-corrected chi connectivity index (χ1v) is 12.6. The third kappa shape index (κ3) is 6.21. The lowest BCUT2D eigenvalue weighted by molar-refractivity contribution is 0.0577. The summed E-state index contributed by atoms with van der Waals surface area (Å²) in [5.74, 6) is 0.526. The fourth-order valence-corrected chi connectivity index (χ4v) is 4.96. The molecule has 8 nitrogen and oxygen atoms in total. The Kier molecular flexibility index (Phi) is 8.23. The van der Waals surface area contributed by atoms with Crippen molar-refractivity contribution in [3.63, 3.8) is 0 Å². The van der Waals surface area contributed by atoms with Crippen molar-refractivity contribution in [3.05, 3.63) is 47.8 Å². The molecule has 36 heavy (non-hydrogen) atoms. The molecule has 1 amide bonds. The number of carbonyl (C=O) groups is 1. The van der Waals surface area contributed by atoms with Crippen LogP contribution in [0, 0.1) is 23.5 Å². The molecule has 0 saturated carbocycles. The fourth-order valence-electron chi connectivity index (χ4n) is 4.96. The van der Waals surface area contributed by atoms with Crippen LogP contribution in [0.3, 0.4) is 0 Å². The van der Waals surface area contributed by atoms with Gasteiger partial charge in [-0.1, -0.05) is 6.92 Å². The molecule has 4 rings (SSSR count). The van der Waals surface area contributed by atoms with Crippen LogP contribution in [0.2, 0.25) is 0 Å². The number of benzene rings is 1. The maximum atomic E-state index is 14.3. The van der Waals surface area contributed by atoms with Crippen molar-refractivity contribution in [2.24, 2.45) is 17.6 Å². The molecule has 1 aromatic heterocycles. The molecule has 2 fully saturated rings. The lowest BCUT2D eigenvalue weighted by atomic mass is 9.86. The van der Waals surface area contributed by atoms with Crippen molar-refractivity contribution in [1.29, 1.82) is 0 Å². The molecule has 196 valence electrons. The minimum absolute atomic E-state index is 0.115. The molecular weight excluding hydrogens is 468 g/mol. The van der Waals surface area contributed by atoms with Crippen molar-refractivity contribution in [2.75, 3.05) is 37.7 Å². The Balaban J connectivity index is 1.26. The number of anilines is 1. The number of halogens is 2. The second kappa shape index (κ2) is 11.4. The van der Waals surface area contributed by atoms with Gasteiger partial charge in [-0.3, -0.25) is 0 Å².